The number of hydrogen-bond acceptors (Lipinski definition) is 2. The Kier molecular flexibility index (Phi) is 9.86. The van der Waals surface area contributed by atoms with Gasteiger partial charge in [-0.1, -0.05) is 102 Å². The molecule has 0 N–H and O–H groups in total. The molecule has 1 saturated carbocycles. The van der Waals surface area contributed by atoms with Crippen LogP contribution in [0.2, 0.25) is 0 Å². The lowest BCUT2D eigenvalue weighted by atomic mass is 9.78. The summed E-state index contributed by atoms with van der Waals surface area (Å²) in [5.41, 5.74) is 3.84. The lowest BCUT2D eigenvalue weighted by molar-refractivity contribution is 0.249. The molecule has 0 unspecified atom stereocenters. The summed E-state index contributed by atoms with van der Waals surface area (Å²) < 4.78 is 0. The van der Waals surface area contributed by atoms with E-state index in [4.69, 9.17) is 0 Å². The van der Waals surface area contributed by atoms with Gasteiger partial charge >= 0.3 is 0 Å². The van der Waals surface area contributed by atoms with E-state index in [0.29, 0.717) is 0 Å². The zero-order valence-corrected chi connectivity index (χ0v) is 19.4. The Labute approximate surface area is 184 Å². The van der Waals surface area contributed by atoms with Gasteiger partial charge in [-0.25, -0.2) is 9.97 Å². The summed E-state index contributed by atoms with van der Waals surface area (Å²) in [6, 6.07) is 8.83. The maximum atomic E-state index is 4.66. The van der Waals surface area contributed by atoms with Gasteiger partial charge in [0.05, 0.1) is 0 Å². The molecular formula is C28H42N2. The molecule has 1 fully saturated rings. The minimum absolute atomic E-state index is 0.853. The van der Waals surface area contributed by atoms with Gasteiger partial charge in [0.2, 0.25) is 0 Å². The quantitative estimate of drug-likeness (QED) is 0.332. The van der Waals surface area contributed by atoms with Crippen molar-refractivity contribution in [1.29, 1.82) is 0 Å². The Bertz CT molecular complexity index is 696. The standard InChI is InChI=1S/C28H42N2/c1-3-5-7-9-23-11-13-25(14-12-23)15-16-26-21-29-28(30-22-26)27-19-17-24(18-20-27)10-8-6-4-2/h17-23,25H,3-16H2,1-2H3. The van der Waals surface area contributed by atoms with Crippen LogP contribution in [0.4, 0.5) is 0 Å². The second-order valence-corrected chi connectivity index (χ2v) is 9.49. The Balaban J connectivity index is 1.41. The first-order valence-electron chi connectivity index (χ1n) is 12.7. The van der Waals surface area contributed by atoms with E-state index in [-0.39, 0.29) is 0 Å². The molecule has 0 spiro atoms. The maximum Gasteiger partial charge on any atom is 0.159 e. The highest BCUT2D eigenvalue weighted by molar-refractivity contribution is 5.55. The Morgan fingerprint density at radius 3 is 1.90 bits per heavy atom. The van der Waals surface area contributed by atoms with Crippen molar-refractivity contribution in [2.24, 2.45) is 11.8 Å². The summed E-state index contributed by atoms with van der Waals surface area (Å²) in [6.45, 7) is 4.56. The summed E-state index contributed by atoms with van der Waals surface area (Å²) in [6.07, 6.45) is 23.0. The summed E-state index contributed by atoms with van der Waals surface area (Å²) in [4.78, 5) is 9.32. The molecule has 164 valence electrons. The monoisotopic (exact) mass is 406 g/mol. The Morgan fingerprint density at radius 2 is 1.27 bits per heavy atom. The third-order valence-electron chi connectivity index (χ3n) is 7.01. The molecule has 2 aromatic rings. The van der Waals surface area contributed by atoms with E-state index in [9.17, 15) is 0 Å². The smallest absolute Gasteiger partial charge is 0.159 e. The van der Waals surface area contributed by atoms with E-state index in [0.717, 1.165) is 29.6 Å². The number of aryl methyl sites for hydroxylation is 2. The molecule has 1 aliphatic rings. The first-order valence-corrected chi connectivity index (χ1v) is 12.7. The van der Waals surface area contributed by atoms with Crippen molar-refractivity contribution >= 4 is 0 Å². The lowest BCUT2D eigenvalue weighted by Crippen LogP contribution is -2.15. The molecule has 1 aliphatic carbocycles. The van der Waals surface area contributed by atoms with Gasteiger partial charge in [-0.3, -0.25) is 0 Å². The second-order valence-electron chi connectivity index (χ2n) is 9.49. The average molecular weight is 407 g/mol. The molecule has 0 atom stereocenters. The third kappa shape index (κ3) is 7.52. The molecule has 0 aliphatic heterocycles. The van der Waals surface area contributed by atoms with Gasteiger partial charge in [0.25, 0.3) is 0 Å². The van der Waals surface area contributed by atoms with Crippen LogP contribution in [0.25, 0.3) is 11.4 Å². The number of benzene rings is 1. The van der Waals surface area contributed by atoms with Crippen LogP contribution in [0.5, 0.6) is 0 Å². The first kappa shape index (κ1) is 23.0. The van der Waals surface area contributed by atoms with Crippen molar-refractivity contribution in [2.75, 3.05) is 0 Å². The maximum absolute atomic E-state index is 4.66. The van der Waals surface area contributed by atoms with Crippen molar-refractivity contribution in [2.45, 2.75) is 104 Å². The van der Waals surface area contributed by atoms with Crippen LogP contribution in [-0.4, -0.2) is 9.97 Å². The predicted octanol–water partition coefficient (Wildman–Crippen LogP) is 8.20. The molecule has 3 rings (SSSR count). The number of nitrogens with zero attached hydrogens (tertiary/aromatic N) is 2. The van der Waals surface area contributed by atoms with Crippen LogP contribution < -0.4 is 0 Å². The molecular weight excluding hydrogens is 364 g/mol. The lowest BCUT2D eigenvalue weighted by Gasteiger charge is -2.28. The average Bonchev–Trinajstić information content (AvgIpc) is 2.80. The van der Waals surface area contributed by atoms with Crippen molar-refractivity contribution in [3.63, 3.8) is 0 Å². The van der Waals surface area contributed by atoms with E-state index in [1.54, 1.807) is 0 Å². The molecule has 0 bridgehead atoms. The second kappa shape index (κ2) is 12.9. The van der Waals surface area contributed by atoms with Gasteiger partial charge in [-0.05, 0) is 48.6 Å². The number of rotatable bonds is 12. The number of hydrogen-bond donors (Lipinski definition) is 0. The van der Waals surface area contributed by atoms with E-state index in [1.807, 2.05) is 12.4 Å². The number of unbranched alkanes of at least 4 members (excludes halogenated alkanes) is 4. The van der Waals surface area contributed by atoms with E-state index < -0.39 is 0 Å². The third-order valence-corrected chi connectivity index (χ3v) is 7.01. The topological polar surface area (TPSA) is 25.8 Å². The van der Waals surface area contributed by atoms with Crippen LogP contribution >= 0.6 is 0 Å². The fourth-order valence-electron chi connectivity index (χ4n) is 4.90. The molecule has 30 heavy (non-hydrogen) atoms. The normalized spacial score (nSPS) is 19.1. The van der Waals surface area contributed by atoms with Gasteiger partial charge in [-0.2, -0.15) is 0 Å². The van der Waals surface area contributed by atoms with Crippen molar-refractivity contribution in [3.8, 4) is 11.4 Å². The molecule has 1 aromatic carbocycles. The minimum Gasteiger partial charge on any atom is -0.236 e. The zero-order valence-electron chi connectivity index (χ0n) is 19.4. The minimum atomic E-state index is 0.853. The molecule has 1 aromatic heterocycles. The molecule has 0 amide bonds. The molecule has 1 heterocycles. The van der Waals surface area contributed by atoms with Crippen LogP contribution in [0.3, 0.4) is 0 Å². The highest BCUT2D eigenvalue weighted by Gasteiger charge is 2.20. The molecule has 0 saturated heterocycles. The summed E-state index contributed by atoms with van der Waals surface area (Å²) in [5, 5.41) is 0. The van der Waals surface area contributed by atoms with Crippen LogP contribution in [-0.2, 0) is 12.8 Å². The van der Waals surface area contributed by atoms with Crippen LogP contribution in [0.1, 0.15) is 102 Å². The highest BCUT2D eigenvalue weighted by atomic mass is 14.9. The SMILES string of the molecule is CCCCCc1ccc(-c2ncc(CCC3CCC(CCCCC)CC3)cn2)cc1. The molecule has 2 nitrogen and oxygen atoms in total. The van der Waals surface area contributed by atoms with E-state index >= 15 is 0 Å². The van der Waals surface area contributed by atoms with Crippen molar-refractivity contribution in [3.05, 3.63) is 47.8 Å². The van der Waals surface area contributed by atoms with Gasteiger partial charge in [0, 0.05) is 18.0 Å². The number of aromatic nitrogens is 2. The van der Waals surface area contributed by atoms with Gasteiger partial charge in [0.1, 0.15) is 0 Å². The van der Waals surface area contributed by atoms with Gasteiger partial charge < -0.3 is 0 Å². The highest BCUT2D eigenvalue weighted by Crippen LogP contribution is 2.34. The predicted molar refractivity (Wildman–Crippen MR) is 129 cm³/mol. The van der Waals surface area contributed by atoms with Crippen LogP contribution in [0.15, 0.2) is 36.7 Å². The fourth-order valence-corrected chi connectivity index (χ4v) is 4.90. The summed E-state index contributed by atoms with van der Waals surface area (Å²) in [7, 11) is 0. The summed E-state index contributed by atoms with van der Waals surface area (Å²) in [5.74, 6) is 2.77. The van der Waals surface area contributed by atoms with Gasteiger partial charge in [-0.15, -0.1) is 0 Å². The Morgan fingerprint density at radius 1 is 0.667 bits per heavy atom. The zero-order chi connectivity index (χ0) is 21.0. The van der Waals surface area contributed by atoms with Gasteiger partial charge in [0.15, 0.2) is 5.82 Å². The van der Waals surface area contributed by atoms with Crippen LogP contribution in [0, 0.1) is 11.8 Å². The fraction of sp³-hybridized carbons (Fsp3) is 0.643. The largest absolute Gasteiger partial charge is 0.236 e. The van der Waals surface area contributed by atoms with E-state index in [2.05, 4.69) is 48.1 Å². The van der Waals surface area contributed by atoms with E-state index in [1.165, 1.54) is 94.6 Å². The summed E-state index contributed by atoms with van der Waals surface area (Å²) >= 11 is 0. The Hall–Kier alpha value is -1.70. The molecule has 0 radical (unpaired) electrons. The first-order chi connectivity index (χ1) is 14.8. The molecule has 2 heteroatoms. The van der Waals surface area contributed by atoms with Crippen molar-refractivity contribution in [1.82, 2.24) is 9.97 Å². The van der Waals surface area contributed by atoms with Crippen molar-refractivity contribution < 1.29 is 0 Å².